The normalized spacial score (nSPS) is 10.3. The topological polar surface area (TPSA) is 47.0 Å². The summed E-state index contributed by atoms with van der Waals surface area (Å²) >= 11 is 5.15. The molecule has 1 aromatic carbocycles. The minimum absolute atomic E-state index is 0.503. The van der Waals surface area contributed by atoms with Crippen LogP contribution in [0.25, 0.3) is 0 Å². The lowest BCUT2D eigenvalue weighted by Gasteiger charge is -2.10. The van der Waals surface area contributed by atoms with Gasteiger partial charge in [0.15, 0.2) is 0 Å². The molecule has 1 aromatic heterocycles. The molecule has 0 bridgehead atoms. The number of halogens is 1. The van der Waals surface area contributed by atoms with Crippen LogP contribution in [0.4, 0.5) is 5.82 Å². The van der Waals surface area contributed by atoms with E-state index < -0.39 is 0 Å². The number of nitrogens with one attached hydrogen (secondary N) is 1. The molecule has 0 aliphatic heterocycles. The summed E-state index contributed by atoms with van der Waals surface area (Å²) in [5.74, 6) is 1.98. The van der Waals surface area contributed by atoms with Gasteiger partial charge < -0.3 is 10.1 Å². The number of hydrogen-bond donors (Lipinski definition) is 1. The third-order valence-corrected chi connectivity index (χ3v) is 3.83. The van der Waals surface area contributed by atoms with Crippen LogP contribution in [0.3, 0.4) is 0 Å². The van der Waals surface area contributed by atoms with Crippen LogP contribution in [0.1, 0.15) is 6.92 Å². The van der Waals surface area contributed by atoms with Gasteiger partial charge in [-0.05, 0) is 53.4 Å². The quantitative estimate of drug-likeness (QED) is 0.827. The van der Waals surface area contributed by atoms with Crippen molar-refractivity contribution in [3.05, 3.63) is 35.1 Å². The summed E-state index contributed by atoms with van der Waals surface area (Å²) in [5.41, 5.74) is 0. The van der Waals surface area contributed by atoms with Gasteiger partial charge in [0.1, 0.15) is 22.4 Å². The monoisotopic (exact) mass is 339 g/mol. The molecule has 0 saturated heterocycles. The predicted molar refractivity (Wildman–Crippen MR) is 82.2 cm³/mol. The molecule has 0 amide bonds. The summed E-state index contributed by atoms with van der Waals surface area (Å²) in [6.45, 7) is 2.80. The number of ether oxygens (including phenoxy) is 1. The summed E-state index contributed by atoms with van der Waals surface area (Å²) < 4.78 is 6.48. The molecule has 0 saturated carbocycles. The molecule has 0 atom stereocenters. The Morgan fingerprint density at radius 2 is 2.00 bits per heavy atom. The molecule has 4 nitrogen and oxygen atoms in total. The van der Waals surface area contributed by atoms with Crippen LogP contribution in [0.2, 0.25) is 0 Å². The fourth-order valence-corrected chi connectivity index (χ4v) is 2.31. The first-order valence-corrected chi connectivity index (χ1v) is 7.82. The van der Waals surface area contributed by atoms with Gasteiger partial charge in [-0.1, -0.05) is 0 Å². The molecule has 19 heavy (non-hydrogen) atoms. The first-order chi connectivity index (χ1) is 9.24. The number of aromatic nitrogens is 2. The minimum Gasteiger partial charge on any atom is -0.438 e. The van der Waals surface area contributed by atoms with E-state index in [1.54, 1.807) is 11.8 Å². The van der Waals surface area contributed by atoms with Gasteiger partial charge in [0.25, 0.3) is 0 Å². The van der Waals surface area contributed by atoms with Crippen LogP contribution >= 0.6 is 27.7 Å². The Hall–Kier alpha value is -1.27. The first kappa shape index (κ1) is 14.1. The fraction of sp³-hybridized carbons (Fsp3) is 0.231. The second kappa shape index (κ2) is 6.77. The average Bonchev–Trinajstić information content (AvgIpc) is 2.44. The van der Waals surface area contributed by atoms with Crippen molar-refractivity contribution in [2.45, 2.75) is 11.8 Å². The highest BCUT2D eigenvalue weighted by Gasteiger charge is 2.10. The van der Waals surface area contributed by atoms with E-state index in [4.69, 9.17) is 4.74 Å². The second-order valence-corrected chi connectivity index (χ2v) is 5.32. The van der Waals surface area contributed by atoms with Gasteiger partial charge in [-0.25, -0.2) is 9.97 Å². The van der Waals surface area contributed by atoms with Crippen LogP contribution in [0.15, 0.2) is 40.0 Å². The molecular formula is C13H14BrN3OS. The van der Waals surface area contributed by atoms with Crippen molar-refractivity contribution in [3.8, 4) is 11.6 Å². The summed E-state index contributed by atoms with van der Waals surface area (Å²) in [6.07, 6.45) is 3.52. The Balaban J connectivity index is 2.20. The van der Waals surface area contributed by atoms with E-state index in [1.165, 1.54) is 11.2 Å². The Labute approximate surface area is 125 Å². The van der Waals surface area contributed by atoms with E-state index >= 15 is 0 Å². The highest BCUT2D eigenvalue weighted by molar-refractivity contribution is 9.10. The molecule has 100 valence electrons. The molecule has 0 fully saturated rings. The Morgan fingerprint density at radius 1 is 1.26 bits per heavy atom. The summed E-state index contributed by atoms with van der Waals surface area (Å²) in [7, 11) is 0. The van der Waals surface area contributed by atoms with Crippen molar-refractivity contribution in [2.75, 3.05) is 18.1 Å². The highest BCUT2D eigenvalue weighted by Crippen LogP contribution is 2.32. The molecule has 0 radical (unpaired) electrons. The molecule has 0 unspecified atom stereocenters. The zero-order valence-electron chi connectivity index (χ0n) is 10.7. The van der Waals surface area contributed by atoms with Gasteiger partial charge >= 0.3 is 0 Å². The van der Waals surface area contributed by atoms with Crippen LogP contribution < -0.4 is 10.1 Å². The number of nitrogens with zero attached hydrogens (tertiary/aromatic N) is 2. The lowest BCUT2D eigenvalue weighted by molar-refractivity contribution is 0.458. The third-order valence-electron chi connectivity index (χ3n) is 2.38. The van der Waals surface area contributed by atoms with E-state index in [1.807, 2.05) is 37.4 Å². The van der Waals surface area contributed by atoms with Crippen LogP contribution in [-0.4, -0.2) is 22.8 Å². The van der Waals surface area contributed by atoms with Crippen molar-refractivity contribution >= 4 is 33.5 Å². The maximum Gasteiger partial charge on any atom is 0.238 e. The lowest BCUT2D eigenvalue weighted by Crippen LogP contribution is -2.02. The SMILES string of the molecule is CCNc1ncnc(Oc2ccc(SC)cc2)c1Br. The van der Waals surface area contributed by atoms with Gasteiger partial charge in [0, 0.05) is 11.4 Å². The zero-order valence-corrected chi connectivity index (χ0v) is 13.1. The predicted octanol–water partition coefficient (Wildman–Crippen LogP) is 4.19. The van der Waals surface area contributed by atoms with Crippen LogP contribution in [0.5, 0.6) is 11.6 Å². The van der Waals surface area contributed by atoms with Crippen molar-refractivity contribution in [1.82, 2.24) is 9.97 Å². The molecule has 0 aliphatic rings. The van der Waals surface area contributed by atoms with Gasteiger partial charge in [-0.3, -0.25) is 0 Å². The second-order valence-electron chi connectivity index (χ2n) is 3.65. The summed E-state index contributed by atoms with van der Waals surface area (Å²) in [4.78, 5) is 9.48. The van der Waals surface area contributed by atoms with Crippen molar-refractivity contribution < 1.29 is 4.74 Å². The van der Waals surface area contributed by atoms with E-state index in [0.717, 1.165) is 22.6 Å². The zero-order chi connectivity index (χ0) is 13.7. The molecule has 2 aromatic rings. The standard InChI is InChI=1S/C13H14BrN3OS/c1-3-15-12-11(14)13(17-8-16-12)18-9-4-6-10(19-2)7-5-9/h4-8H,3H2,1-2H3,(H,15,16,17). The highest BCUT2D eigenvalue weighted by atomic mass is 79.9. The molecular weight excluding hydrogens is 326 g/mol. The fourth-order valence-electron chi connectivity index (χ4n) is 1.47. The molecule has 6 heteroatoms. The largest absolute Gasteiger partial charge is 0.438 e. The van der Waals surface area contributed by atoms with Crippen molar-refractivity contribution in [3.63, 3.8) is 0 Å². The van der Waals surface area contributed by atoms with Crippen molar-refractivity contribution in [2.24, 2.45) is 0 Å². The smallest absolute Gasteiger partial charge is 0.238 e. The Bertz CT molecular complexity index is 548. The van der Waals surface area contributed by atoms with E-state index in [9.17, 15) is 0 Å². The van der Waals surface area contributed by atoms with Crippen LogP contribution in [0, 0.1) is 0 Å². The maximum atomic E-state index is 5.75. The van der Waals surface area contributed by atoms with Gasteiger partial charge in [0.05, 0.1) is 0 Å². The molecule has 0 spiro atoms. The number of rotatable bonds is 5. The number of hydrogen-bond acceptors (Lipinski definition) is 5. The van der Waals surface area contributed by atoms with Gasteiger partial charge in [0.2, 0.25) is 5.88 Å². The Morgan fingerprint density at radius 3 is 2.63 bits per heavy atom. The number of anilines is 1. The Kier molecular flexibility index (Phi) is 5.04. The first-order valence-electron chi connectivity index (χ1n) is 5.81. The van der Waals surface area contributed by atoms with Crippen LogP contribution in [-0.2, 0) is 0 Å². The lowest BCUT2D eigenvalue weighted by atomic mass is 10.3. The van der Waals surface area contributed by atoms with E-state index in [0.29, 0.717) is 5.88 Å². The summed E-state index contributed by atoms with van der Waals surface area (Å²) in [6, 6.07) is 7.88. The minimum atomic E-state index is 0.503. The summed E-state index contributed by atoms with van der Waals surface area (Å²) in [5, 5.41) is 3.14. The molecule has 0 aliphatic carbocycles. The van der Waals surface area contributed by atoms with E-state index in [2.05, 4.69) is 31.2 Å². The maximum absolute atomic E-state index is 5.75. The number of thioether (sulfide) groups is 1. The number of benzene rings is 1. The van der Waals surface area contributed by atoms with Gasteiger partial charge in [-0.2, -0.15) is 0 Å². The van der Waals surface area contributed by atoms with Crippen molar-refractivity contribution in [1.29, 1.82) is 0 Å². The molecule has 1 heterocycles. The molecule has 2 rings (SSSR count). The van der Waals surface area contributed by atoms with E-state index in [-0.39, 0.29) is 0 Å². The molecule has 1 N–H and O–H groups in total. The van der Waals surface area contributed by atoms with Gasteiger partial charge in [-0.15, -0.1) is 11.8 Å². The third kappa shape index (κ3) is 3.61. The average molecular weight is 340 g/mol.